The zero-order valence-electron chi connectivity index (χ0n) is 10.5. The monoisotopic (exact) mass is 249 g/mol. The summed E-state index contributed by atoms with van der Waals surface area (Å²) in [7, 11) is 0. The lowest BCUT2D eigenvalue weighted by Gasteiger charge is -2.10. The minimum absolute atomic E-state index is 0.114. The number of nitrogens with zero attached hydrogens (tertiary/aromatic N) is 3. The molecular formula is C13H16FN3O. The quantitative estimate of drug-likeness (QED) is 0.902. The van der Waals surface area contributed by atoms with Gasteiger partial charge in [0.15, 0.2) is 0 Å². The lowest BCUT2D eigenvalue weighted by Crippen LogP contribution is -2.09. The van der Waals surface area contributed by atoms with Crippen LogP contribution in [-0.2, 0) is 13.2 Å². The van der Waals surface area contributed by atoms with Gasteiger partial charge >= 0.3 is 0 Å². The predicted octanol–water partition coefficient (Wildman–Crippen LogP) is 2.08. The summed E-state index contributed by atoms with van der Waals surface area (Å²) in [6, 6.07) is 6.29. The van der Waals surface area contributed by atoms with Gasteiger partial charge in [0.1, 0.15) is 11.5 Å². The summed E-state index contributed by atoms with van der Waals surface area (Å²) in [4.78, 5) is 0. The second kappa shape index (κ2) is 5.27. The SMILES string of the molecule is CC(C)c1c(CO)nnn1Cc1ccc(F)cc1. The van der Waals surface area contributed by atoms with E-state index in [0.717, 1.165) is 11.3 Å². The highest BCUT2D eigenvalue weighted by atomic mass is 19.1. The van der Waals surface area contributed by atoms with E-state index in [1.807, 2.05) is 13.8 Å². The topological polar surface area (TPSA) is 50.9 Å². The summed E-state index contributed by atoms with van der Waals surface area (Å²) < 4.78 is 14.6. The number of hydrogen-bond donors (Lipinski definition) is 1. The molecule has 0 atom stereocenters. The maximum Gasteiger partial charge on any atom is 0.123 e. The molecular weight excluding hydrogens is 233 g/mol. The van der Waals surface area contributed by atoms with Crippen molar-refractivity contribution < 1.29 is 9.50 Å². The third-order valence-corrected chi connectivity index (χ3v) is 2.79. The van der Waals surface area contributed by atoms with E-state index in [1.54, 1.807) is 16.8 Å². The van der Waals surface area contributed by atoms with Crippen molar-refractivity contribution in [3.05, 3.63) is 47.0 Å². The minimum Gasteiger partial charge on any atom is -0.390 e. The van der Waals surface area contributed by atoms with Gasteiger partial charge in [0.25, 0.3) is 0 Å². The van der Waals surface area contributed by atoms with E-state index < -0.39 is 0 Å². The molecule has 0 radical (unpaired) electrons. The molecule has 2 rings (SSSR count). The van der Waals surface area contributed by atoms with E-state index in [1.165, 1.54) is 12.1 Å². The summed E-state index contributed by atoms with van der Waals surface area (Å²) in [6.07, 6.45) is 0. The van der Waals surface area contributed by atoms with Crippen LogP contribution in [0.1, 0.15) is 36.7 Å². The summed E-state index contributed by atoms with van der Waals surface area (Å²) in [6.45, 7) is 4.47. The number of aromatic nitrogens is 3. The largest absolute Gasteiger partial charge is 0.390 e. The van der Waals surface area contributed by atoms with Crippen molar-refractivity contribution in [2.45, 2.75) is 32.9 Å². The van der Waals surface area contributed by atoms with Gasteiger partial charge in [-0.15, -0.1) is 5.10 Å². The van der Waals surface area contributed by atoms with Crippen molar-refractivity contribution in [1.29, 1.82) is 0 Å². The van der Waals surface area contributed by atoms with Crippen LogP contribution >= 0.6 is 0 Å². The van der Waals surface area contributed by atoms with Gasteiger partial charge in [-0.1, -0.05) is 31.2 Å². The Balaban J connectivity index is 2.28. The van der Waals surface area contributed by atoms with E-state index in [-0.39, 0.29) is 18.3 Å². The van der Waals surface area contributed by atoms with E-state index in [0.29, 0.717) is 12.2 Å². The second-order valence-corrected chi connectivity index (χ2v) is 4.52. The van der Waals surface area contributed by atoms with Gasteiger partial charge in [0, 0.05) is 0 Å². The Hall–Kier alpha value is -1.75. The van der Waals surface area contributed by atoms with Crippen LogP contribution in [0.3, 0.4) is 0 Å². The first kappa shape index (κ1) is 12.7. The highest BCUT2D eigenvalue weighted by Gasteiger charge is 2.15. The summed E-state index contributed by atoms with van der Waals surface area (Å²) >= 11 is 0. The molecule has 0 spiro atoms. The number of halogens is 1. The zero-order valence-corrected chi connectivity index (χ0v) is 10.5. The van der Waals surface area contributed by atoms with Crippen molar-refractivity contribution in [3.8, 4) is 0 Å². The van der Waals surface area contributed by atoms with Gasteiger partial charge in [0.05, 0.1) is 18.8 Å². The molecule has 2 aromatic rings. The molecule has 0 fully saturated rings. The number of rotatable bonds is 4. The number of aliphatic hydroxyl groups is 1. The molecule has 0 saturated carbocycles. The fourth-order valence-corrected chi connectivity index (χ4v) is 1.98. The molecule has 0 unspecified atom stereocenters. The van der Waals surface area contributed by atoms with Crippen LogP contribution in [0.4, 0.5) is 4.39 Å². The molecule has 96 valence electrons. The molecule has 1 aromatic heterocycles. The van der Waals surface area contributed by atoms with E-state index >= 15 is 0 Å². The van der Waals surface area contributed by atoms with Crippen LogP contribution in [0.25, 0.3) is 0 Å². The molecule has 1 N–H and O–H groups in total. The number of aliphatic hydroxyl groups excluding tert-OH is 1. The fourth-order valence-electron chi connectivity index (χ4n) is 1.98. The Kier molecular flexibility index (Phi) is 3.72. The third kappa shape index (κ3) is 2.56. The number of hydrogen-bond acceptors (Lipinski definition) is 3. The molecule has 0 aliphatic heterocycles. The van der Waals surface area contributed by atoms with Gasteiger partial charge in [-0.25, -0.2) is 9.07 Å². The van der Waals surface area contributed by atoms with Crippen molar-refractivity contribution in [2.24, 2.45) is 0 Å². The van der Waals surface area contributed by atoms with Gasteiger partial charge in [-0.3, -0.25) is 0 Å². The molecule has 1 heterocycles. The van der Waals surface area contributed by atoms with Gasteiger partial charge in [-0.05, 0) is 23.6 Å². The fraction of sp³-hybridized carbons (Fsp3) is 0.385. The molecule has 5 heteroatoms. The summed E-state index contributed by atoms with van der Waals surface area (Å²) in [5.41, 5.74) is 2.47. The first-order chi connectivity index (χ1) is 8.61. The lowest BCUT2D eigenvalue weighted by molar-refractivity contribution is 0.275. The van der Waals surface area contributed by atoms with Gasteiger partial charge in [0.2, 0.25) is 0 Å². The van der Waals surface area contributed by atoms with Crippen LogP contribution in [0, 0.1) is 5.82 Å². The predicted molar refractivity (Wildman–Crippen MR) is 65.5 cm³/mol. The molecule has 0 amide bonds. The van der Waals surface area contributed by atoms with E-state index in [2.05, 4.69) is 10.3 Å². The van der Waals surface area contributed by atoms with Crippen molar-refractivity contribution in [2.75, 3.05) is 0 Å². The number of benzene rings is 1. The first-order valence-corrected chi connectivity index (χ1v) is 5.89. The van der Waals surface area contributed by atoms with Crippen LogP contribution in [0.15, 0.2) is 24.3 Å². The highest BCUT2D eigenvalue weighted by Crippen LogP contribution is 2.18. The summed E-state index contributed by atoms with van der Waals surface area (Å²) in [5, 5.41) is 17.2. The molecule has 1 aromatic carbocycles. The van der Waals surface area contributed by atoms with Crippen LogP contribution in [-0.4, -0.2) is 20.1 Å². The third-order valence-electron chi connectivity index (χ3n) is 2.79. The highest BCUT2D eigenvalue weighted by molar-refractivity contribution is 5.19. The lowest BCUT2D eigenvalue weighted by atomic mass is 10.1. The molecule has 0 bridgehead atoms. The average molecular weight is 249 g/mol. The minimum atomic E-state index is -0.252. The Morgan fingerprint density at radius 2 is 1.94 bits per heavy atom. The standard InChI is InChI=1S/C13H16FN3O/c1-9(2)13-12(8-18)15-16-17(13)7-10-3-5-11(14)6-4-10/h3-6,9,18H,7-8H2,1-2H3. The van der Waals surface area contributed by atoms with E-state index in [9.17, 15) is 9.50 Å². The van der Waals surface area contributed by atoms with Crippen molar-refractivity contribution in [1.82, 2.24) is 15.0 Å². The molecule has 0 aliphatic carbocycles. The van der Waals surface area contributed by atoms with Gasteiger partial charge in [-0.2, -0.15) is 0 Å². The van der Waals surface area contributed by atoms with Crippen LogP contribution < -0.4 is 0 Å². The Bertz CT molecular complexity index is 520. The maximum absolute atomic E-state index is 12.8. The van der Waals surface area contributed by atoms with Crippen molar-refractivity contribution >= 4 is 0 Å². The normalized spacial score (nSPS) is 11.2. The van der Waals surface area contributed by atoms with Crippen molar-refractivity contribution in [3.63, 3.8) is 0 Å². The molecule has 0 aliphatic rings. The van der Waals surface area contributed by atoms with E-state index in [4.69, 9.17) is 0 Å². The zero-order chi connectivity index (χ0) is 13.1. The Morgan fingerprint density at radius 3 is 2.50 bits per heavy atom. The average Bonchev–Trinajstić information content (AvgIpc) is 2.75. The Morgan fingerprint density at radius 1 is 1.28 bits per heavy atom. The second-order valence-electron chi connectivity index (χ2n) is 4.52. The smallest absolute Gasteiger partial charge is 0.123 e. The molecule has 18 heavy (non-hydrogen) atoms. The Labute approximate surface area is 105 Å². The maximum atomic E-state index is 12.8. The van der Waals surface area contributed by atoms with Crippen LogP contribution in [0.5, 0.6) is 0 Å². The van der Waals surface area contributed by atoms with Crippen LogP contribution in [0.2, 0.25) is 0 Å². The first-order valence-electron chi connectivity index (χ1n) is 5.89. The molecule has 4 nitrogen and oxygen atoms in total. The van der Waals surface area contributed by atoms with Gasteiger partial charge < -0.3 is 5.11 Å². The summed E-state index contributed by atoms with van der Waals surface area (Å²) in [5.74, 6) is -0.0277. The molecule has 0 saturated heterocycles.